The minimum absolute atomic E-state index is 0.00328. The standard InChI is InChI=1S/C32H46N6O6Si/c1-10-15-36-27-23(13-12-14-33-31(42)44-32(4,5)6)19-24(29(40)41)20-25(27)34-30(36)37(21-43-16-17-45(7,8)9)28(39)26-18-22(3)35-38(26)11-2/h18-20H,10-11,14-17,21H2,1-9H3,(H,33,42)(H,40,41). The van der Waals surface area contributed by atoms with Crippen molar-refractivity contribution in [1.29, 1.82) is 0 Å². The Morgan fingerprint density at radius 3 is 2.44 bits per heavy atom. The number of hydrogen-bond acceptors (Lipinski definition) is 7. The molecule has 13 heteroatoms. The molecule has 2 aromatic heterocycles. The highest BCUT2D eigenvalue weighted by molar-refractivity contribution is 6.76. The van der Waals surface area contributed by atoms with E-state index in [0.29, 0.717) is 60.1 Å². The van der Waals surface area contributed by atoms with Gasteiger partial charge in [-0.05, 0) is 65.3 Å². The number of hydrogen-bond donors (Lipinski definition) is 2. The summed E-state index contributed by atoms with van der Waals surface area (Å²) in [6.45, 7) is 19.2. The first-order valence-electron chi connectivity index (χ1n) is 15.2. The van der Waals surface area contributed by atoms with Crippen molar-refractivity contribution in [2.75, 3.05) is 24.8 Å². The van der Waals surface area contributed by atoms with Crippen molar-refractivity contribution in [3.05, 3.63) is 40.7 Å². The van der Waals surface area contributed by atoms with Gasteiger partial charge in [-0.1, -0.05) is 38.4 Å². The minimum atomic E-state index is -1.39. The molecule has 0 bridgehead atoms. The van der Waals surface area contributed by atoms with Gasteiger partial charge in [0.2, 0.25) is 5.95 Å². The lowest BCUT2D eigenvalue weighted by Crippen LogP contribution is -2.37. The molecular weight excluding hydrogens is 592 g/mol. The van der Waals surface area contributed by atoms with E-state index in [4.69, 9.17) is 14.5 Å². The molecule has 0 aliphatic carbocycles. The molecule has 2 heterocycles. The Bertz CT molecular complexity index is 1600. The first kappa shape index (κ1) is 35.3. The lowest BCUT2D eigenvalue weighted by molar-refractivity contribution is 0.0534. The van der Waals surface area contributed by atoms with E-state index in [1.807, 2.05) is 25.3 Å². The Morgan fingerprint density at radius 1 is 1.13 bits per heavy atom. The largest absolute Gasteiger partial charge is 0.478 e. The summed E-state index contributed by atoms with van der Waals surface area (Å²) < 4.78 is 14.9. The Labute approximate surface area is 266 Å². The van der Waals surface area contributed by atoms with Crippen LogP contribution in [0.1, 0.15) is 73.1 Å². The number of ether oxygens (including phenoxy) is 2. The molecule has 0 atom stereocenters. The zero-order valence-electron chi connectivity index (χ0n) is 27.9. The number of anilines is 1. The normalized spacial score (nSPS) is 11.7. The summed E-state index contributed by atoms with van der Waals surface area (Å²) in [7, 11) is -1.39. The minimum Gasteiger partial charge on any atom is -0.478 e. The number of fused-ring (bicyclic) bond motifs is 1. The molecule has 0 spiro atoms. The van der Waals surface area contributed by atoms with Gasteiger partial charge in [0.25, 0.3) is 5.91 Å². The molecule has 12 nitrogen and oxygen atoms in total. The number of benzene rings is 1. The number of alkyl carbamates (subject to hydrolysis) is 1. The average molecular weight is 639 g/mol. The van der Waals surface area contributed by atoms with Crippen LogP contribution in [0.5, 0.6) is 0 Å². The molecule has 0 aliphatic rings. The van der Waals surface area contributed by atoms with Gasteiger partial charge in [-0.3, -0.25) is 14.4 Å². The molecule has 0 saturated heterocycles. The van der Waals surface area contributed by atoms with E-state index in [-0.39, 0.29) is 24.7 Å². The number of aromatic nitrogens is 4. The van der Waals surface area contributed by atoms with E-state index < -0.39 is 25.7 Å². The molecule has 1 aromatic carbocycles. The number of aromatic carboxylic acids is 1. The number of carboxylic acid groups (broad SMARTS) is 1. The number of imidazole rings is 1. The van der Waals surface area contributed by atoms with Gasteiger partial charge >= 0.3 is 12.1 Å². The van der Waals surface area contributed by atoms with Crippen molar-refractivity contribution in [3.63, 3.8) is 0 Å². The van der Waals surface area contributed by atoms with Crippen LogP contribution in [0.2, 0.25) is 25.7 Å². The third-order valence-corrected chi connectivity index (χ3v) is 8.29. The second-order valence-electron chi connectivity index (χ2n) is 13.0. The molecule has 0 aliphatic heterocycles. The van der Waals surface area contributed by atoms with Crippen LogP contribution in [0.25, 0.3) is 11.0 Å². The Kier molecular flexibility index (Phi) is 11.6. The molecule has 0 unspecified atom stereocenters. The molecule has 2 N–H and O–H groups in total. The van der Waals surface area contributed by atoms with E-state index in [1.54, 1.807) is 31.5 Å². The summed E-state index contributed by atoms with van der Waals surface area (Å²) in [4.78, 5) is 44.6. The number of amides is 2. The van der Waals surface area contributed by atoms with E-state index in [2.05, 4.69) is 41.9 Å². The van der Waals surface area contributed by atoms with Crippen LogP contribution < -0.4 is 10.2 Å². The van der Waals surface area contributed by atoms with Gasteiger partial charge in [-0.15, -0.1) is 0 Å². The maximum absolute atomic E-state index is 14.2. The summed E-state index contributed by atoms with van der Waals surface area (Å²) in [5.41, 5.74) is 1.83. The molecule has 3 rings (SSSR count). The van der Waals surface area contributed by atoms with Crippen LogP contribution in [0.3, 0.4) is 0 Å². The highest BCUT2D eigenvalue weighted by Gasteiger charge is 2.28. The van der Waals surface area contributed by atoms with Gasteiger partial charge in [-0.25, -0.2) is 14.6 Å². The summed E-state index contributed by atoms with van der Waals surface area (Å²) in [5, 5.41) is 16.9. The average Bonchev–Trinajstić information content (AvgIpc) is 3.49. The Morgan fingerprint density at radius 2 is 1.84 bits per heavy atom. The first-order valence-corrected chi connectivity index (χ1v) is 18.9. The Balaban J connectivity index is 2.14. The zero-order chi connectivity index (χ0) is 33.5. The summed E-state index contributed by atoms with van der Waals surface area (Å²) in [5.74, 6) is 4.77. The van der Waals surface area contributed by atoms with Crippen LogP contribution in [-0.2, 0) is 22.6 Å². The van der Waals surface area contributed by atoms with E-state index in [0.717, 1.165) is 6.04 Å². The van der Waals surface area contributed by atoms with Crippen molar-refractivity contribution in [2.24, 2.45) is 0 Å². The van der Waals surface area contributed by atoms with Gasteiger partial charge in [0.1, 0.15) is 18.0 Å². The van der Waals surface area contributed by atoms with Gasteiger partial charge in [0.15, 0.2) is 0 Å². The maximum Gasteiger partial charge on any atom is 0.408 e. The third kappa shape index (κ3) is 9.67. The smallest absolute Gasteiger partial charge is 0.408 e. The molecular formula is C32H46N6O6Si. The molecule has 0 radical (unpaired) electrons. The first-order chi connectivity index (χ1) is 21.0. The van der Waals surface area contributed by atoms with Crippen molar-refractivity contribution in [1.82, 2.24) is 24.6 Å². The SMILES string of the molecule is CCCn1c(N(COCC[Si](C)(C)C)C(=O)c2cc(C)nn2CC)nc2cc(C(=O)O)cc(C#CCNC(=O)OC(C)(C)C)c21. The third-order valence-electron chi connectivity index (χ3n) is 6.58. The summed E-state index contributed by atoms with van der Waals surface area (Å²) in [6.07, 6.45) is 0.0980. The van der Waals surface area contributed by atoms with Crippen molar-refractivity contribution in [2.45, 2.75) is 92.3 Å². The van der Waals surface area contributed by atoms with Crippen LogP contribution in [-0.4, -0.2) is 76.0 Å². The number of nitrogens with one attached hydrogen (secondary N) is 1. The van der Waals surface area contributed by atoms with Gasteiger partial charge < -0.3 is 24.5 Å². The Hall–Kier alpha value is -4.15. The second-order valence-corrected chi connectivity index (χ2v) is 18.6. The fourth-order valence-electron chi connectivity index (χ4n) is 4.52. The number of rotatable bonds is 12. The number of aryl methyl sites for hydroxylation is 3. The highest BCUT2D eigenvalue weighted by atomic mass is 28.3. The quantitative estimate of drug-likeness (QED) is 0.115. The zero-order valence-corrected chi connectivity index (χ0v) is 28.9. The maximum atomic E-state index is 14.2. The van der Waals surface area contributed by atoms with Crippen molar-refractivity contribution >= 4 is 43.0 Å². The van der Waals surface area contributed by atoms with Crippen LogP contribution >= 0.6 is 0 Å². The predicted molar refractivity (Wildman–Crippen MR) is 177 cm³/mol. The predicted octanol–water partition coefficient (Wildman–Crippen LogP) is 5.50. The second kappa shape index (κ2) is 14.8. The van der Waals surface area contributed by atoms with Gasteiger partial charge in [0.05, 0.1) is 34.4 Å². The molecule has 45 heavy (non-hydrogen) atoms. The van der Waals surface area contributed by atoms with Gasteiger partial charge in [-0.2, -0.15) is 5.10 Å². The number of carboxylic acids is 1. The molecule has 0 fully saturated rings. The van der Waals surface area contributed by atoms with Crippen LogP contribution in [0.15, 0.2) is 18.2 Å². The number of carbonyl (C=O) groups is 3. The van der Waals surface area contributed by atoms with Crippen LogP contribution in [0.4, 0.5) is 10.7 Å². The fourth-order valence-corrected chi connectivity index (χ4v) is 5.28. The molecule has 3 aromatic rings. The summed E-state index contributed by atoms with van der Waals surface area (Å²) >= 11 is 0. The van der Waals surface area contributed by atoms with Crippen molar-refractivity contribution < 1.29 is 29.0 Å². The van der Waals surface area contributed by atoms with E-state index >= 15 is 0 Å². The molecule has 244 valence electrons. The molecule has 0 saturated carbocycles. The van der Waals surface area contributed by atoms with Crippen LogP contribution in [0, 0.1) is 18.8 Å². The lowest BCUT2D eigenvalue weighted by Gasteiger charge is -2.24. The van der Waals surface area contributed by atoms with E-state index in [1.165, 1.54) is 17.0 Å². The summed E-state index contributed by atoms with van der Waals surface area (Å²) in [6, 6.07) is 5.62. The number of carbonyl (C=O) groups excluding carboxylic acids is 2. The topological polar surface area (TPSA) is 141 Å². The molecule has 2 amide bonds. The van der Waals surface area contributed by atoms with Gasteiger partial charge in [0, 0.05) is 27.8 Å². The lowest BCUT2D eigenvalue weighted by atomic mass is 10.1. The van der Waals surface area contributed by atoms with E-state index in [9.17, 15) is 19.5 Å². The highest BCUT2D eigenvalue weighted by Crippen LogP contribution is 2.29. The fraction of sp³-hybridized carbons (Fsp3) is 0.531. The van der Waals surface area contributed by atoms with Crippen molar-refractivity contribution in [3.8, 4) is 11.8 Å². The number of nitrogens with zero attached hydrogens (tertiary/aromatic N) is 5. The monoisotopic (exact) mass is 638 g/mol.